The lowest BCUT2D eigenvalue weighted by molar-refractivity contribution is 0.112. The normalized spacial score (nSPS) is 11.2. The summed E-state index contributed by atoms with van der Waals surface area (Å²) in [5.74, 6) is 0. The van der Waals surface area contributed by atoms with Crippen LogP contribution in [0, 0.1) is 0 Å². The van der Waals surface area contributed by atoms with Gasteiger partial charge in [0.2, 0.25) is 0 Å². The molecule has 0 fully saturated rings. The number of hydrogen-bond acceptors (Lipinski definition) is 1. The summed E-state index contributed by atoms with van der Waals surface area (Å²) in [4.78, 5) is 10.4. The number of aldehydes is 1. The van der Waals surface area contributed by atoms with Crippen LogP contribution in [0.2, 0.25) is 0 Å². The Morgan fingerprint density at radius 3 is 2.33 bits per heavy atom. The SMILES string of the molecule is O=Cc1ccccc1C(F)(Cl)Cl. The van der Waals surface area contributed by atoms with Gasteiger partial charge in [-0.25, -0.2) is 4.39 Å². The Morgan fingerprint density at radius 1 is 1.33 bits per heavy atom. The molecule has 12 heavy (non-hydrogen) atoms. The molecule has 0 aliphatic rings. The van der Waals surface area contributed by atoms with E-state index in [2.05, 4.69) is 0 Å². The number of carbonyl (C=O) groups is 1. The van der Waals surface area contributed by atoms with Crippen LogP contribution < -0.4 is 0 Å². The van der Waals surface area contributed by atoms with Crippen LogP contribution in [0.25, 0.3) is 0 Å². The lowest BCUT2D eigenvalue weighted by Gasteiger charge is -2.10. The van der Waals surface area contributed by atoms with Crippen LogP contribution >= 0.6 is 23.2 Å². The van der Waals surface area contributed by atoms with Gasteiger partial charge in [-0.2, -0.15) is 0 Å². The molecule has 1 aromatic rings. The second-order valence-corrected chi connectivity index (χ2v) is 3.44. The van der Waals surface area contributed by atoms with E-state index in [0.717, 1.165) is 0 Å². The van der Waals surface area contributed by atoms with Gasteiger partial charge in [-0.3, -0.25) is 4.79 Å². The van der Waals surface area contributed by atoms with Crippen LogP contribution in [-0.4, -0.2) is 6.29 Å². The van der Waals surface area contributed by atoms with Crippen molar-refractivity contribution in [1.82, 2.24) is 0 Å². The molecule has 0 N–H and O–H groups in total. The summed E-state index contributed by atoms with van der Waals surface area (Å²) in [7, 11) is 0. The van der Waals surface area contributed by atoms with E-state index in [0.29, 0.717) is 6.29 Å². The summed E-state index contributed by atoms with van der Waals surface area (Å²) in [6.07, 6.45) is 0.508. The van der Waals surface area contributed by atoms with E-state index in [9.17, 15) is 9.18 Å². The lowest BCUT2D eigenvalue weighted by Crippen LogP contribution is -2.05. The molecule has 1 rings (SSSR count). The van der Waals surface area contributed by atoms with Crippen molar-refractivity contribution in [3.63, 3.8) is 0 Å². The van der Waals surface area contributed by atoms with Gasteiger partial charge in [0, 0.05) is 11.1 Å². The van der Waals surface area contributed by atoms with E-state index in [1.54, 1.807) is 12.1 Å². The zero-order valence-corrected chi connectivity index (χ0v) is 7.44. The van der Waals surface area contributed by atoms with Crippen molar-refractivity contribution in [1.29, 1.82) is 0 Å². The molecule has 0 aromatic heterocycles. The molecular weight excluding hydrogens is 202 g/mol. The maximum Gasteiger partial charge on any atom is 0.283 e. The highest BCUT2D eigenvalue weighted by atomic mass is 35.5. The average Bonchev–Trinajstić information content (AvgIpc) is 2.03. The largest absolute Gasteiger partial charge is 0.298 e. The number of hydrogen-bond donors (Lipinski definition) is 0. The fraction of sp³-hybridized carbons (Fsp3) is 0.125. The highest BCUT2D eigenvalue weighted by molar-refractivity contribution is 6.46. The smallest absolute Gasteiger partial charge is 0.283 e. The second kappa shape index (κ2) is 3.42. The highest BCUT2D eigenvalue weighted by Crippen LogP contribution is 2.36. The molecule has 0 atom stereocenters. The minimum Gasteiger partial charge on any atom is -0.298 e. The van der Waals surface area contributed by atoms with Gasteiger partial charge in [-0.1, -0.05) is 47.5 Å². The predicted molar refractivity (Wildman–Crippen MR) is 46.3 cm³/mol. The zero-order chi connectivity index (χ0) is 9.19. The Hall–Kier alpha value is -0.600. The summed E-state index contributed by atoms with van der Waals surface area (Å²) in [6, 6.07) is 5.97. The average molecular weight is 207 g/mol. The minimum atomic E-state index is -2.50. The first kappa shape index (κ1) is 9.49. The summed E-state index contributed by atoms with van der Waals surface area (Å²) in [5.41, 5.74) is 0.133. The summed E-state index contributed by atoms with van der Waals surface area (Å²) >= 11 is 10.4. The molecule has 0 spiro atoms. The molecule has 0 bridgehead atoms. The van der Waals surface area contributed by atoms with E-state index < -0.39 is 4.59 Å². The Bertz CT molecular complexity index is 293. The highest BCUT2D eigenvalue weighted by Gasteiger charge is 2.27. The van der Waals surface area contributed by atoms with Gasteiger partial charge < -0.3 is 0 Å². The van der Waals surface area contributed by atoms with E-state index in [4.69, 9.17) is 23.2 Å². The van der Waals surface area contributed by atoms with E-state index in [1.807, 2.05) is 0 Å². The molecular formula is C8H5Cl2FO. The number of carbonyl (C=O) groups excluding carboxylic acids is 1. The number of halogens is 3. The molecule has 1 aromatic carbocycles. The van der Waals surface area contributed by atoms with Crippen molar-refractivity contribution in [2.24, 2.45) is 0 Å². The minimum absolute atomic E-state index is 0.0247. The zero-order valence-electron chi connectivity index (χ0n) is 5.93. The standard InChI is InChI=1S/C8H5Cl2FO/c9-8(10,11)7-4-2-1-3-6(7)5-12/h1-5H. The number of alkyl halides is 3. The first-order valence-electron chi connectivity index (χ1n) is 3.17. The molecule has 0 unspecified atom stereocenters. The second-order valence-electron chi connectivity index (χ2n) is 2.20. The summed E-state index contributed by atoms with van der Waals surface area (Å²) < 4.78 is 10.4. The van der Waals surface area contributed by atoms with Gasteiger partial charge in [0.1, 0.15) is 0 Å². The Labute approximate surface area is 79.1 Å². The van der Waals surface area contributed by atoms with Gasteiger partial charge in [0.05, 0.1) is 0 Å². The molecule has 64 valence electrons. The molecule has 0 amide bonds. The van der Waals surface area contributed by atoms with Crippen LogP contribution in [0.1, 0.15) is 15.9 Å². The molecule has 0 saturated heterocycles. The van der Waals surface area contributed by atoms with E-state index in [1.165, 1.54) is 12.1 Å². The Morgan fingerprint density at radius 2 is 1.92 bits per heavy atom. The maximum absolute atomic E-state index is 12.9. The van der Waals surface area contributed by atoms with Crippen LogP contribution in [0.5, 0.6) is 0 Å². The molecule has 0 heterocycles. The van der Waals surface area contributed by atoms with Crippen LogP contribution in [0.4, 0.5) is 4.39 Å². The van der Waals surface area contributed by atoms with Gasteiger partial charge in [-0.15, -0.1) is 0 Å². The third kappa shape index (κ3) is 1.96. The third-order valence-corrected chi connectivity index (χ3v) is 1.80. The van der Waals surface area contributed by atoms with E-state index in [-0.39, 0.29) is 11.1 Å². The van der Waals surface area contributed by atoms with Crippen molar-refractivity contribution in [2.75, 3.05) is 0 Å². The Kier molecular flexibility index (Phi) is 2.70. The van der Waals surface area contributed by atoms with Crippen LogP contribution in [0.3, 0.4) is 0 Å². The van der Waals surface area contributed by atoms with Gasteiger partial charge in [0.15, 0.2) is 6.29 Å². The van der Waals surface area contributed by atoms with E-state index >= 15 is 0 Å². The van der Waals surface area contributed by atoms with Gasteiger partial charge in [0.25, 0.3) is 4.59 Å². The van der Waals surface area contributed by atoms with Crippen molar-refractivity contribution in [3.05, 3.63) is 35.4 Å². The summed E-state index contributed by atoms with van der Waals surface area (Å²) in [6.45, 7) is 0. The third-order valence-electron chi connectivity index (χ3n) is 1.39. The number of benzene rings is 1. The monoisotopic (exact) mass is 206 g/mol. The summed E-state index contributed by atoms with van der Waals surface area (Å²) in [5, 5.41) is 0. The first-order chi connectivity index (χ1) is 5.55. The topological polar surface area (TPSA) is 17.1 Å². The van der Waals surface area contributed by atoms with Crippen molar-refractivity contribution in [3.8, 4) is 0 Å². The van der Waals surface area contributed by atoms with Gasteiger partial charge in [-0.05, 0) is 0 Å². The van der Waals surface area contributed by atoms with Crippen molar-refractivity contribution in [2.45, 2.75) is 4.59 Å². The van der Waals surface area contributed by atoms with Crippen LogP contribution in [0.15, 0.2) is 24.3 Å². The Balaban J connectivity index is 3.23. The molecule has 1 nitrogen and oxygen atoms in total. The van der Waals surface area contributed by atoms with Crippen molar-refractivity contribution >= 4 is 29.5 Å². The predicted octanol–water partition coefficient (Wildman–Crippen LogP) is 3.06. The maximum atomic E-state index is 12.9. The fourth-order valence-electron chi connectivity index (χ4n) is 0.858. The molecule has 0 aliphatic heterocycles. The lowest BCUT2D eigenvalue weighted by atomic mass is 10.1. The quantitative estimate of drug-likeness (QED) is 0.538. The van der Waals surface area contributed by atoms with Gasteiger partial charge >= 0.3 is 0 Å². The van der Waals surface area contributed by atoms with Crippen molar-refractivity contribution < 1.29 is 9.18 Å². The molecule has 0 saturated carbocycles. The first-order valence-corrected chi connectivity index (χ1v) is 3.92. The molecule has 4 heteroatoms. The fourth-order valence-corrected chi connectivity index (χ4v) is 1.20. The van der Waals surface area contributed by atoms with Crippen LogP contribution in [-0.2, 0) is 4.59 Å². The molecule has 0 aliphatic carbocycles. The number of rotatable bonds is 2. The molecule has 0 radical (unpaired) electrons.